The molecule has 1 aromatic carbocycles. The Morgan fingerprint density at radius 2 is 1.89 bits per heavy atom. The third-order valence-corrected chi connectivity index (χ3v) is 8.37. The Morgan fingerprint density at radius 3 is 2.64 bits per heavy atom. The minimum Gasteiger partial charge on any atom is -0.406 e. The van der Waals surface area contributed by atoms with E-state index in [9.17, 15) is 27.2 Å². The molecule has 44 heavy (non-hydrogen) atoms. The van der Waals surface area contributed by atoms with Gasteiger partial charge in [0.1, 0.15) is 11.6 Å². The van der Waals surface area contributed by atoms with Gasteiger partial charge in [-0.3, -0.25) is 14.3 Å². The lowest BCUT2D eigenvalue weighted by Crippen LogP contribution is -2.53. The predicted octanol–water partition coefficient (Wildman–Crippen LogP) is 4.26. The molecule has 2 aromatic heterocycles. The van der Waals surface area contributed by atoms with Gasteiger partial charge in [0.25, 0.3) is 5.91 Å². The van der Waals surface area contributed by atoms with Crippen molar-refractivity contribution in [3.8, 4) is 5.75 Å². The normalized spacial score (nSPS) is 16.6. The van der Waals surface area contributed by atoms with Gasteiger partial charge in [0, 0.05) is 50.0 Å². The van der Waals surface area contributed by atoms with E-state index in [-0.39, 0.29) is 23.7 Å². The number of aromatic nitrogens is 5. The number of carbonyl (C=O) groups excluding carboxylic acids is 2. The Labute approximate surface area is 250 Å². The number of unbranched alkanes of at least 4 members (excludes halogenated alkanes) is 1. The van der Waals surface area contributed by atoms with Gasteiger partial charge >= 0.3 is 6.36 Å². The molecule has 3 aliphatic rings. The second-order valence-corrected chi connectivity index (χ2v) is 11.5. The number of benzene rings is 1. The van der Waals surface area contributed by atoms with Crippen molar-refractivity contribution in [1.29, 1.82) is 0 Å². The third kappa shape index (κ3) is 6.89. The second-order valence-electron chi connectivity index (χ2n) is 11.5. The first kappa shape index (κ1) is 29.7. The number of amides is 2. The number of nitrogens with one attached hydrogen (secondary N) is 1. The minimum absolute atomic E-state index is 0.00201. The van der Waals surface area contributed by atoms with Crippen molar-refractivity contribution >= 4 is 17.9 Å². The van der Waals surface area contributed by atoms with E-state index in [0.717, 1.165) is 93.2 Å². The monoisotopic (exact) mass is 613 g/mol. The molecule has 0 spiro atoms. The van der Waals surface area contributed by atoms with Crippen LogP contribution in [0, 0.1) is 17.7 Å². The molecule has 3 heterocycles. The van der Waals surface area contributed by atoms with Crippen LogP contribution in [0.25, 0.3) is 6.08 Å². The summed E-state index contributed by atoms with van der Waals surface area (Å²) >= 11 is 0. The van der Waals surface area contributed by atoms with E-state index < -0.39 is 23.8 Å². The summed E-state index contributed by atoms with van der Waals surface area (Å²) in [5.74, 6) is -1.05. The number of carbonyl (C=O) groups is 2. The van der Waals surface area contributed by atoms with Crippen LogP contribution in [-0.2, 0) is 30.7 Å². The summed E-state index contributed by atoms with van der Waals surface area (Å²) in [5, 5.41) is 19.1. The number of hydrogen-bond donors (Lipinski definition) is 1. The van der Waals surface area contributed by atoms with Crippen molar-refractivity contribution in [2.75, 3.05) is 13.1 Å². The highest BCUT2D eigenvalue weighted by molar-refractivity contribution is 5.91. The fourth-order valence-electron chi connectivity index (χ4n) is 5.61. The number of likely N-dealkylation sites (tertiary alicyclic amines) is 1. The molecule has 3 aromatic rings. The maximum atomic E-state index is 14.0. The highest BCUT2D eigenvalue weighted by Gasteiger charge is 2.39. The maximum Gasteiger partial charge on any atom is 0.573 e. The first-order chi connectivity index (χ1) is 21.1. The quantitative estimate of drug-likeness (QED) is 0.254. The van der Waals surface area contributed by atoms with Crippen LogP contribution < -0.4 is 10.1 Å². The number of rotatable bonds is 11. The third-order valence-electron chi connectivity index (χ3n) is 8.37. The molecule has 1 saturated carbocycles. The number of nitrogens with zero attached hydrogens (tertiary/aromatic N) is 6. The van der Waals surface area contributed by atoms with Crippen molar-refractivity contribution in [2.24, 2.45) is 11.8 Å². The van der Waals surface area contributed by atoms with E-state index in [1.54, 1.807) is 0 Å². The van der Waals surface area contributed by atoms with Crippen molar-refractivity contribution in [1.82, 2.24) is 35.4 Å². The average Bonchev–Trinajstić information content (AvgIpc) is 3.55. The number of halogens is 4. The van der Waals surface area contributed by atoms with Gasteiger partial charge in [-0.2, -0.15) is 10.2 Å². The van der Waals surface area contributed by atoms with E-state index in [4.69, 9.17) is 0 Å². The fourth-order valence-corrected chi connectivity index (χ4v) is 5.61. The lowest BCUT2D eigenvalue weighted by atomic mass is 9.82. The average molecular weight is 614 g/mol. The Morgan fingerprint density at radius 1 is 1.07 bits per heavy atom. The van der Waals surface area contributed by atoms with Crippen LogP contribution in [-0.4, -0.2) is 61.4 Å². The zero-order chi connectivity index (χ0) is 30.8. The summed E-state index contributed by atoms with van der Waals surface area (Å²) in [6, 6.07) is 4.65. The molecule has 2 amide bonds. The first-order valence-electron chi connectivity index (χ1n) is 14.7. The topological polar surface area (TPSA) is 115 Å². The van der Waals surface area contributed by atoms with Gasteiger partial charge in [-0.25, -0.2) is 4.39 Å². The second kappa shape index (κ2) is 12.3. The fraction of sp³-hybridized carbons (Fsp3) is 0.467. The van der Waals surface area contributed by atoms with E-state index in [2.05, 4.69) is 42.7 Å². The number of alkyl halides is 3. The molecule has 2 aliphatic carbocycles. The highest BCUT2D eigenvalue weighted by atomic mass is 19.4. The molecule has 232 valence electrons. The van der Waals surface area contributed by atoms with E-state index in [1.807, 2.05) is 4.90 Å². The van der Waals surface area contributed by atoms with Gasteiger partial charge < -0.3 is 15.0 Å². The smallest absolute Gasteiger partial charge is 0.406 e. The van der Waals surface area contributed by atoms with Gasteiger partial charge in [-0.1, -0.05) is 23.3 Å². The number of aryl methyl sites for hydroxylation is 2. The van der Waals surface area contributed by atoms with E-state index >= 15 is 0 Å². The molecule has 2 fully saturated rings. The van der Waals surface area contributed by atoms with Crippen LogP contribution >= 0.6 is 0 Å². The SMILES string of the molecule is O=C(NCc1cc(OC(F)(F)F)ccc1F)c1cn(CCCCc2cc3c(nn2)CC(C2CN(C(=O)C4CCC4)C2)=C3)nn1. The Bertz CT molecular complexity index is 1580. The van der Waals surface area contributed by atoms with Gasteiger partial charge in [-0.15, -0.1) is 18.3 Å². The van der Waals surface area contributed by atoms with Crippen molar-refractivity contribution in [3.05, 3.63) is 70.1 Å². The summed E-state index contributed by atoms with van der Waals surface area (Å²) in [4.78, 5) is 26.9. The number of ether oxygens (including phenoxy) is 1. The lowest BCUT2D eigenvalue weighted by Gasteiger charge is -2.43. The molecule has 1 N–H and O–H groups in total. The minimum atomic E-state index is -4.91. The van der Waals surface area contributed by atoms with Gasteiger partial charge in [0.15, 0.2) is 5.69 Å². The summed E-state index contributed by atoms with van der Waals surface area (Å²) in [6.45, 7) is 1.75. The van der Waals surface area contributed by atoms with Crippen molar-refractivity contribution in [3.63, 3.8) is 0 Å². The molecule has 1 aliphatic heterocycles. The molecule has 6 rings (SSSR count). The first-order valence-corrected chi connectivity index (χ1v) is 14.7. The van der Waals surface area contributed by atoms with Crippen molar-refractivity contribution < 1.29 is 31.9 Å². The molecule has 14 heteroatoms. The molecule has 1 saturated heterocycles. The molecule has 0 unspecified atom stereocenters. The molecule has 10 nitrogen and oxygen atoms in total. The lowest BCUT2D eigenvalue weighted by molar-refractivity contribution is -0.274. The molecule has 0 radical (unpaired) electrons. The molecular weight excluding hydrogens is 582 g/mol. The molecule has 0 bridgehead atoms. The van der Waals surface area contributed by atoms with Crippen LogP contribution in [0.3, 0.4) is 0 Å². The molecule has 0 atom stereocenters. The summed E-state index contributed by atoms with van der Waals surface area (Å²) < 4.78 is 56.7. The van der Waals surface area contributed by atoms with E-state index in [1.165, 1.54) is 16.5 Å². The molecular formula is C30H31F4N7O3. The summed E-state index contributed by atoms with van der Waals surface area (Å²) in [7, 11) is 0. The predicted molar refractivity (Wildman–Crippen MR) is 148 cm³/mol. The van der Waals surface area contributed by atoms with Crippen LogP contribution in [0.2, 0.25) is 0 Å². The Hall–Kier alpha value is -4.36. The van der Waals surface area contributed by atoms with Gasteiger partial charge in [0.05, 0.1) is 17.6 Å². The summed E-state index contributed by atoms with van der Waals surface area (Å²) in [5.41, 5.74) is 4.13. The summed E-state index contributed by atoms with van der Waals surface area (Å²) in [6.07, 6.45) is 5.03. The van der Waals surface area contributed by atoms with Crippen molar-refractivity contribution in [2.45, 2.75) is 64.4 Å². The van der Waals surface area contributed by atoms with Crippen LogP contribution in [0.5, 0.6) is 5.75 Å². The van der Waals surface area contributed by atoms with Crippen LogP contribution in [0.1, 0.15) is 65.1 Å². The Balaban J connectivity index is 0.931. The highest BCUT2D eigenvalue weighted by Crippen LogP contribution is 2.36. The van der Waals surface area contributed by atoms with Crippen LogP contribution in [0.15, 0.2) is 36.0 Å². The Kier molecular flexibility index (Phi) is 8.32. The largest absolute Gasteiger partial charge is 0.573 e. The standard InChI is InChI=1S/C30H31F4N7O3/c31-25-8-7-24(44-30(32,33)34)12-21(25)14-35-28(42)27-17-41(39-38-27)9-2-1-6-23-11-20-10-19(13-26(20)37-36-23)22-15-40(16-22)29(43)18-4-3-5-18/h7-8,10-12,17-18,22H,1-6,9,13-16H2,(H,35,42). The maximum absolute atomic E-state index is 14.0. The zero-order valence-electron chi connectivity index (χ0n) is 23.8. The van der Waals surface area contributed by atoms with Gasteiger partial charge in [0.2, 0.25) is 5.91 Å². The number of hydrogen-bond acceptors (Lipinski definition) is 7. The van der Waals surface area contributed by atoms with Gasteiger partial charge in [-0.05, 0) is 61.9 Å². The zero-order valence-corrected chi connectivity index (χ0v) is 23.8. The number of fused-ring (bicyclic) bond motifs is 1. The van der Waals surface area contributed by atoms with Crippen LogP contribution in [0.4, 0.5) is 17.6 Å². The van der Waals surface area contributed by atoms with E-state index in [0.29, 0.717) is 18.4 Å².